The number of esters is 1. The van der Waals surface area contributed by atoms with Crippen LogP contribution in [0.4, 0.5) is 0 Å². The van der Waals surface area contributed by atoms with Gasteiger partial charge >= 0.3 is 5.97 Å². The molecule has 0 aliphatic carbocycles. The lowest BCUT2D eigenvalue weighted by Gasteiger charge is -2.24. The Labute approximate surface area is 230 Å². The lowest BCUT2D eigenvalue weighted by atomic mass is 9.96. The molecule has 0 amide bonds. The highest BCUT2D eigenvalue weighted by molar-refractivity contribution is 7.07. The number of nitrogens with zero attached hydrogens (tertiary/aromatic N) is 2. The van der Waals surface area contributed by atoms with Crippen molar-refractivity contribution < 1.29 is 13.9 Å². The second-order valence-corrected chi connectivity index (χ2v) is 10.5. The quantitative estimate of drug-likeness (QED) is 0.274. The molecule has 6 nitrogen and oxygen atoms in total. The summed E-state index contributed by atoms with van der Waals surface area (Å²) in [7, 11) is 0. The zero-order valence-electron chi connectivity index (χ0n) is 19.6. The first-order valence-electron chi connectivity index (χ1n) is 11.3. The average Bonchev–Trinajstić information content (AvgIpc) is 3.43. The molecule has 0 saturated carbocycles. The van der Waals surface area contributed by atoms with E-state index in [0.717, 1.165) is 0 Å². The zero-order valence-corrected chi connectivity index (χ0v) is 22.7. The number of ether oxygens (including phenoxy) is 1. The molecule has 0 radical (unpaired) electrons. The van der Waals surface area contributed by atoms with Crippen LogP contribution in [-0.4, -0.2) is 17.1 Å². The molecule has 5 rings (SSSR count). The van der Waals surface area contributed by atoms with Gasteiger partial charge in [-0.2, -0.15) is 0 Å². The summed E-state index contributed by atoms with van der Waals surface area (Å²) in [5.74, 6) is 0.490. The normalized spacial score (nSPS) is 15.5. The molecule has 0 fully saturated rings. The Bertz CT molecular complexity index is 1730. The molecule has 0 N–H and O–H groups in total. The summed E-state index contributed by atoms with van der Waals surface area (Å²) in [6.45, 7) is 3.67. The maximum Gasteiger partial charge on any atom is 0.338 e. The molecule has 2 aromatic heterocycles. The fourth-order valence-electron chi connectivity index (χ4n) is 4.15. The Balaban J connectivity index is 1.63. The van der Waals surface area contributed by atoms with E-state index >= 15 is 0 Å². The molecule has 1 atom stereocenters. The van der Waals surface area contributed by atoms with E-state index in [4.69, 9.17) is 44.0 Å². The molecule has 0 spiro atoms. The predicted molar refractivity (Wildman–Crippen MR) is 146 cm³/mol. The summed E-state index contributed by atoms with van der Waals surface area (Å²) in [6, 6.07) is 15.0. The van der Waals surface area contributed by atoms with Crippen LogP contribution in [0.25, 0.3) is 17.4 Å². The van der Waals surface area contributed by atoms with Gasteiger partial charge in [0.25, 0.3) is 5.56 Å². The van der Waals surface area contributed by atoms with E-state index in [1.54, 1.807) is 74.5 Å². The van der Waals surface area contributed by atoms with E-state index in [9.17, 15) is 9.59 Å². The third-order valence-electron chi connectivity index (χ3n) is 5.80. The molecule has 188 valence electrons. The van der Waals surface area contributed by atoms with Crippen LogP contribution >= 0.6 is 46.1 Å². The van der Waals surface area contributed by atoms with Crippen molar-refractivity contribution in [2.45, 2.75) is 19.9 Å². The van der Waals surface area contributed by atoms with Gasteiger partial charge in [0.05, 0.1) is 33.5 Å². The minimum absolute atomic E-state index is 0.200. The van der Waals surface area contributed by atoms with Crippen LogP contribution in [0.15, 0.2) is 80.1 Å². The maximum absolute atomic E-state index is 13.7. The van der Waals surface area contributed by atoms with Gasteiger partial charge in [0.15, 0.2) is 4.80 Å². The van der Waals surface area contributed by atoms with Gasteiger partial charge in [-0.25, -0.2) is 9.79 Å². The minimum Gasteiger partial charge on any atom is -0.463 e. The highest BCUT2D eigenvalue weighted by atomic mass is 35.5. The zero-order chi connectivity index (χ0) is 26.3. The van der Waals surface area contributed by atoms with Crippen molar-refractivity contribution in [3.05, 3.63) is 112 Å². The van der Waals surface area contributed by atoms with Gasteiger partial charge in [0.1, 0.15) is 11.5 Å². The Hall–Kier alpha value is -3.10. The third-order valence-corrected chi connectivity index (χ3v) is 7.58. The van der Waals surface area contributed by atoms with Gasteiger partial charge in [-0.3, -0.25) is 9.36 Å². The number of carbonyl (C=O) groups excluding carboxylic acids is 1. The second-order valence-electron chi connectivity index (χ2n) is 8.18. The van der Waals surface area contributed by atoms with Gasteiger partial charge in [-0.05, 0) is 61.9 Å². The van der Waals surface area contributed by atoms with Crippen molar-refractivity contribution in [2.24, 2.45) is 4.99 Å². The van der Waals surface area contributed by atoms with Crippen molar-refractivity contribution in [2.75, 3.05) is 6.61 Å². The van der Waals surface area contributed by atoms with Crippen molar-refractivity contribution in [3.63, 3.8) is 0 Å². The monoisotopic (exact) mass is 572 g/mol. The van der Waals surface area contributed by atoms with Gasteiger partial charge in [0.2, 0.25) is 0 Å². The van der Waals surface area contributed by atoms with E-state index in [-0.39, 0.29) is 12.2 Å². The predicted octanol–water partition coefficient (Wildman–Crippen LogP) is 6.02. The van der Waals surface area contributed by atoms with Crippen LogP contribution in [-0.2, 0) is 9.53 Å². The number of furan rings is 1. The number of halogens is 3. The summed E-state index contributed by atoms with van der Waals surface area (Å²) in [5.41, 5.74) is 1.89. The molecule has 37 heavy (non-hydrogen) atoms. The SMILES string of the molecule is CCOC(=O)C1=C(C)N=c2s/c(=C\c3ccc(-c4ccc(Cl)cc4Cl)o3)c(=O)n2[C@@H]1c1ccc(Cl)cc1. The number of rotatable bonds is 5. The number of hydrogen-bond acceptors (Lipinski definition) is 6. The summed E-state index contributed by atoms with van der Waals surface area (Å²) < 4.78 is 13.2. The van der Waals surface area contributed by atoms with Gasteiger partial charge in [0, 0.05) is 21.7 Å². The van der Waals surface area contributed by atoms with E-state index in [0.29, 0.717) is 58.3 Å². The van der Waals surface area contributed by atoms with Crippen LogP contribution in [0, 0.1) is 0 Å². The molecule has 10 heteroatoms. The van der Waals surface area contributed by atoms with Crippen molar-refractivity contribution in [1.82, 2.24) is 4.57 Å². The van der Waals surface area contributed by atoms with Crippen LogP contribution in [0.2, 0.25) is 15.1 Å². The van der Waals surface area contributed by atoms with E-state index < -0.39 is 12.0 Å². The first-order valence-corrected chi connectivity index (χ1v) is 13.2. The Morgan fingerprint density at radius 3 is 2.54 bits per heavy atom. The summed E-state index contributed by atoms with van der Waals surface area (Å²) in [4.78, 5) is 31.7. The summed E-state index contributed by atoms with van der Waals surface area (Å²) in [5, 5.41) is 1.52. The molecule has 2 aromatic carbocycles. The number of carbonyl (C=O) groups is 1. The molecule has 1 aliphatic rings. The average molecular weight is 574 g/mol. The number of benzene rings is 2. The molecular formula is C27H19Cl3N2O4S. The first-order chi connectivity index (χ1) is 17.8. The first kappa shape index (κ1) is 25.5. The van der Waals surface area contributed by atoms with Gasteiger partial charge in [-0.1, -0.05) is 58.3 Å². The molecule has 3 heterocycles. The van der Waals surface area contributed by atoms with E-state index in [1.165, 1.54) is 15.9 Å². The Morgan fingerprint density at radius 1 is 1.11 bits per heavy atom. The van der Waals surface area contributed by atoms with Crippen LogP contribution in [0.1, 0.15) is 31.2 Å². The molecule has 1 aliphatic heterocycles. The summed E-state index contributed by atoms with van der Waals surface area (Å²) in [6.07, 6.45) is 1.65. The third kappa shape index (κ3) is 4.92. The molecule has 0 unspecified atom stereocenters. The highest BCUT2D eigenvalue weighted by Crippen LogP contribution is 2.33. The van der Waals surface area contributed by atoms with Crippen molar-refractivity contribution in [3.8, 4) is 11.3 Å². The number of hydrogen-bond donors (Lipinski definition) is 0. The maximum atomic E-state index is 13.7. The number of aromatic nitrogens is 1. The highest BCUT2D eigenvalue weighted by Gasteiger charge is 2.33. The molecule has 0 saturated heterocycles. The molecule has 0 bridgehead atoms. The van der Waals surface area contributed by atoms with Crippen LogP contribution in [0.3, 0.4) is 0 Å². The second kappa shape index (κ2) is 10.3. The standard InChI is InChI=1S/C27H19Cl3N2O4S/c1-3-35-26(34)23-14(2)31-27-32(24(23)15-4-6-16(28)7-5-15)25(33)22(37-27)13-18-9-11-21(36-18)19-10-8-17(29)12-20(19)30/h4-13,24H,3H2,1-2H3/b22-13-/t24-/m1/s1. The largest absolute Gasteiger partial charge is 0.463 e. The lowest BCUT2D eigenvalue weighted by Crippen LogP contribution is -2.39. The Morgan fingerprint density at radius 2 is 1.84 bits per heavy atom. The smallest absolute Gasteiger partial charge is 0.338 e. The fraction of sp³-hybridized carbons (Fsp3) is 0.148. The molecule has 4 aromatic rings. The lowest BCUT2D eigenvalue weighted by molar-refractivity contribution is -0.139. The van der Waals surface area contributed by atoms with Gasteiger partial charge in [-0.15, -0.1) is 0 Å². The molecular weight excluding hydrogens is 555 g/mol. The van der Waals surface area contributed by atoms with Crippen molar-refractivity contribution in [1.29, 1.82) is 0 Å². The van der Waals surface area contributed by atoms with E-state index in [2.05, 4.69) is 4.99 Å². The number of fused-ring (bicyclic) bond motifs is 1. The topological polar surface area (TPSA) is 73.8 Å². The van der Waals surface area contributed by atoms with Crippen LogP contribution < -0.4 is 14.9 Å². The number of thiazole rings is 1. The van der Waals surface area contributed by atoms with Crippen molar-refractivity contribution >= 4 is 58.2 Å². The minimum atomic E-state index is -0.713. The van der Waals surface area contributed by atoms with E-state index in [1.807, 2.05) is 0 Å². The number of allylic oxidation sites excluding steroid dienone is 1. The fourth-order valence-corrected chi connectivity index (χ4v) is 5.80. The Kier molecular flexibility index (Phi) is 7.14. The van der Waals surface area contributed by atoms with Crippen LogP contribution in [0.5, 0.6) is 0 Å². The van der Waals surface area contributed by atoms with Gasteiger partial charge < -0.3 is 9.15 Å². The summed E-state index contributed by atoms with van der Waals surface area (Å²) >= 11 is 19.6.